The van der Waals surface area contributed by atoms with Gasteiger partial charge in [0, 0.05) is 23.8 Å². The largest absolute Gasteiger partial charge is 0.368 e. The molecule has 32 heavy (non-hydrogen) atoms. The molecular weight excluding hydrogens is 408 g/mol. The van der Waals surface area contributed by atoms with Crippen molar-refractivity contribution < 1.29 is 18.8 Å². The highest BCUT2D eigenvalue weighted by molar-refractivity contribution is 6.07. The number of carbonyl (C=O) groups excluding carboxylic acids is 2. The average molecular weight is 434 g/mol. The van der Waals surface area contributed by atoms with E-state index < -0.39 is 6.10 Å². The van der Waals surface area contributed by atoms with Crippen molar-refractivity contribution in [2.45, 2.75) is 45.6 Å². The Bertz CT molecular complexity index is 1130. The summed E-state index contributed by atoms with van der Waals surface area (Å²) in [6, 6.07) is 12.4. The molecule has 0 radical (unpaired) electrons. The Labute approximate surface area is 186 Å². The van der Waals surface area contributed by atoms with Crippen molar-refractivity contribution >= 4 is 23.2 Å². The number of carbonyl (C=O) groups is 2. The molecule has 1 aliphatic heterocycles. The monoisotopic (exact) mass is 434 g/mol. The van der Waals surface area contributed by atoms with Gasteiger partial charge in [-0.25, -0.2) is 0 Å². The molecule has 166 valence electrons. The van der Waals surface area contributed by atoms with E-state index in [1.807, 2.05) is 39.0 Å². The van der Waals surface area contributed by atoms with Crippen LogP contribution in [0.25, 0.3) is 11.5 Å². The van der Waals surface area contributed by atoms with Gasteiger partial charge in [-0.05, 0) is 49.6 Å². The molecule has 0 saturated carbocycles. The Morgan fingerprint density at radius 2 is 1.94 bits per heavy atom. The number of benzene rings is 2. The van der Waals surface area contributed by atoms with E-state index in [-0.39, 0.29) is 17.7 Å². The number of hydrogen-bond donors (Lipinski definition) is 2. The van der Waals surface area contributed by atoms with E-state index in [0.29, 0.717) is 47.2 Å². The van der Waals surface area contributed by atoms with Crippen LogP contribution in [0.1, 0.15) is 54.4 Å². The quantitative estimate of drug-likeness (QED) is 0.590. The first-order valence-corrected chi connectivity index (χ1v) is 10.7. The summed E-state index contributed by atoms with van der Waals surface area (Å²) in [6.07, 6.45) is 1.14. The molecule has 1 aromatic heterocycles. The van der Waals surface area contributed by atoms with Gasteiger partial charge < -0.3 is 19.9 Å². The van der Waals surface area contributed by atoms with Gasteiger partial charge in [-0.15, -0.1) is 0 Å². The predicted octanol–water partition coefficient (Wildman–Crippen LogP) is 4.54. The molecule has 0 spiro atoms. The Balaban J connectivity index is 1.54. The highest BCUT2D eigenvalue weighted by Crippen LogP contribution is 2.31. The van der Waals surface area contributed by atoms with Gasteiger partial charge >= 0.3 is 0 Å². The summed E-state index contributed by atoms with van der Waals surface area (Å²) < 4.78 is 10.9. The van der Waals surface area contributed by atoms with E-state index in [9.17, 15) is 9.59 Å². The molecule has 1 atom stereocenters. The van der Waals surface area contributed by atoms with E-state index in [1.54, 1.807) is 24.3 Å². The van der Waals surface area contributed by atoms with Gasteiger partial charge in [0.05, 0.1) is 11.3 Å². The topological polar surface area (TPSA) is 106 Å². The van der Waals surface area contributed by atoms with Crippen LogP contribution in [0, 0.1) is 6.92 Å². The van der Waals surface area contributed by atoms with Crippen LogP contribution < -0.4 is 10.6 Å². The van der Waals surface area contributed by atoms with Crippen LogP contribution in [0.2, 0.25) is 0 Å². The standard InChI is InChI=1S/C24H26N4O4/c1-14(2)21-27-24(32-28-21)18-10-4-7-15(3)20(18)26-22(29)16-8-5-9-17(13-16)25-23(30)19-11-6-12-31-19/h4-5,7-10,13-14,19H,6,11-12H2,1-3H3,(H,25,30)(H,26,29). The molecular formula is C24H26N4O4. The van der Waals surface area contributed by atoms with Crippen molar-refractivity contribution in [2.75, 3.05) is 17.2 Å². The molecule has 8 heteroatoms. The van der Waals surface area contributed by atoms with Crippen LogP contribution in [0.3, 0.4) is 0 Å². The van der Waals surface area contributed by atoms with Crippen molar-refractivity contribution in [3.8, 4) is 11.5 Å². The zero-order valence-electron chi connectivity index (χ0n) is 18.3. The number of nitrogens with one attached hydrogen (secondary N) is 2. The van der Waals surface area contributed by atoms with Crippen LogP contribution in [-0.4, -0.2) is 34.7 Å². The van der Waals surface area contributed by atoms with Gasteiger partial charge in [0.1, 0.15) is 6.10 Å². The molecule has 0 aliphatic carbocycles. The van der Waals surface area contributed by atoms with Gasteiger partial charge in [0.25, 0.3) is 17.7 Å². The molecule has 2 heterocycles. The van der Waals surface area contributed by atoms with E-state index in [4.69, 9.17) is 9.26 Å². The molecule has 3 aromatic rings. The Kier molecular flexibility index (Phi) is 6.32. The van der Waals surface area contributed by atoms with Crippen LogP contribution in [0.15, 0.2) is 47.0 Å². The number of anilines is 2. The van der Waals surface area contributed by atoms with Crippen molar-refractivity contribution in [1.29, 1.82) is 0 Å². The smallest absolute Gasteiger partial charge is 0.260 e. The summed E-state index contributed by atoms with van der Waals surface area (Å²) in [5.74, 6) is 0.581. The maximum Gasteiger partial charge on any atom is 0.260 e. The molecule has 0 bridgehead atoms. The SMILES string of the molecule is Cc1cccc(-c2nc(C(C)C)no2)c1NC(=O)c1cccc(NC(=O)C2CCCO2)c1. The van der Waals surface area contributed by atoms with E-state index in [1.165, 1.54) is 0 Å². The normalized spacial score (nSPS) is 15.7. The second-order valence-corrected chi connectivity index (χ2v) is 8.14. The third kappa shape index (κ3) is 4.70. The summed E-state index contributed by atoms with van der Waals surface area (Å²) in [7, 11) is 0. The summed E-state index contributed by atoms with van der Waals surface area (Å²) >= 11 is 0. The predicted molar refractivity (Wildman–Crippen MR) is 121 cm³/mol. The molecule has 2 N–H and O–H groups in total. The lowest BCUT2D eigenvalue weighted by molar-refractivity contribution is -0.124. The number of nitrogens with zero attached hydrogens (tertiary/aromatic N) is 2. The lowest BCUT2D eigenvalue weighted by Gasteiger charge is -2.13. The van der Waals surface area contributed by atoms with Crippen LogP contribution in [0.4, 0.5) is 11.4 Å². The molecule has 4 rings (SSSR count). The van der Waals surface area contributed by atoms with E-state index >= 15 is 0 Å². The third-order valence-electron chi connectivity index (χ3n) is 5.31. The molecule has 2 aromatic carbocycles. The van der Waals surface area contributed by atoms with Crippen molar-refractivity contribution in [2.24, 2.45) is 0 Å². The minimum Gasteiger partial charge on any atom is -0.368 e. The second kappa shape index (κ2) is 9.32. The second-order valence-electron chi connectivity index (χ2n) is 8.14. The maximum absolute atomic E-state index is 13.0. The lowest BCUT2D eigenvalue weighted by atomic mass is 10.1. The van der Waals surface area contributed by atoms with Crippen LogP contribution in [-0.2, 0) is 9.53 Å². The lowest BCUT2D eigenvalue weighted by Crippen LogP contribution is -2.27. The minimum absolute atomic E-state index is 0.128. The number of ether oxygens (including phenoxy) is 1. The number of aryl methyl sites for hydroxylation is 1. The summed E-state index contributed by atoms with van der Waals surface area (Å²) in [4.78, 5) is 29.8. The zero-order valence-corrected chi connectivity index (χ0v) is 18.3. The van der Waals surface area contributed by atoms with Gasteiger partial charge in [-0.1, -0.05) is 37.2 Å². The molecule has 1 aliphatic rings. The van der Waals surface area contributed by atoms with Crippen LogP contribution >= 0.6 is 0 Å². The molecule has 8 nitrogen and oxygen atoms in total. The Morgan fingerprint density at radius 1 is 1.12 bits per heavy atom. The summed E-state index contributed by atoms with van der Waals surface area (Å²) in [5.41, 5.74) is 3.08. The number of aromatic nitrogens is 2. The summed E-state index contributed by atoms with van der Waals surface area (Å²) in [6.45, 7) is 6.46. The summed E-state index contributed by atoms with van der Waals surface area (Å²) in [5, 5.41) is 9.81. The first-order valence-electron chi connectivity index (χ1n) is 10.7. The fourth-order valence-electron chi connectivity index (χ4n) is 3.52. The highest BCUT2D eigenvalue weighted by Gasteiger charge is 2.24. The molecule has 2 amide bonds. The number of hydrogen-bond acceptors (Lipinski definition) is 6. The first kappa shape index (κ1) is 21.7. The van der Waals surface area contributed by atoms with E-state index in [2.05, 4.69) is 20.8 Å². The zero-order chi connectivity index (χ0) is 22.7. The fraction of sp³-hybridized carbons (Fsp3) is 0.333. The number of para-hydroxylation sites is 1. The van der Waals surface area contributed by atoms with Gasteiger partial charge in [-0.3, -0.25) is 9.59 Å². The minimum atomic E-state index is -0.438. The maximum atomic E-state index is 13.0. The molecule has 1 fully saturated rings. The molecule has 1 unspecified atom stereocenters. The first-order chi connectivity index (χ1) is 15.4. The van der Waals surface area contributed by atoms with E-state index in [0.717, 1.165) is 12.0 Å². The Morgan fingerprint density at radius 3 is 2.66 bits per heavy atom. The Hall–Kier alpha value is -3.52. The van der Waals surface area contributed by atoms with Crippen LogP contribution in [0.5, 0.6) is 0 Å². The third-order valence-corrected chi connectivity index (χ3v) is 5.31. The van der Waals surface area contributed by atoms with Crippen molar-refractivity contribution in [3.63, 3.8) is 0 Å². The number of rotatable bonds is 6. The van der Waals surface area contributed by atoms with Gasteiger partial charge in [-0.2, -0.15) is 4.98 Å². The highest BCUT2D eigenvalue weighted by atomic mass is 16.5. The van der Waals surface area contributed by atoms with Gasteiger partial charge in [0.2, 0.25) is 0 Å². The van der Waals surface area contributed by atoms with Gasteiger partial charge in [0.15, 0.2) is 5.82 Å². The number of amides is 2. The average Bonchev–Trinajstić information content (AvgIpc) is 3.48. The molecule has 1 saturated heterocycles. The van der Waals surface area contributed by atoms with Crippen molar-refractivity contribution in [3.05, 3.63) is 59.4 Å². The fourth-order valence-corrected chi connectivity index (χ4v) is 3.52. The van der Waals surface area contributed by atoms with Crippen molar-refractivity contribution in [1.82, 2.24) is 10.1 Å².